The minimum absolute atomic E-state index is 0.0261. The molecule has 0 fully saturated rings. The smallest absolute Gasteiger partial charge is 0.338 e. The molecule has 7 heteroatoms. The topological polar surface area (TPSA) is 33.2 Å². The lowest BCUT2D eigenvalue weighted by Crippen LogP contribution is -2.32. The molecule has 1 heterocycles. The Kier molecular flexibility index (Phi) is 5.54. The van der Waals surface area contributed by atoms with Crippen molar-refractivity contribution in [1.82, 2.24) is 9.88 Å². The van der Waals surface area contributed by atoms with E-state index in [-0.39, 0.29) is 31.0 Å². The van der Waals surface area contributed by atoms with E-state index in [1.807, 2.05) is 0 Å². The molecule has 0 unspecified atom stereocenters. The van der Waals surface area contributed by atoms with Gasteiger partial charge in [-0.3, -0.25) is 9.78 Å². The number of likely N-dealkylation sites (N-methyl/N-ethyl adjacent to an activating group) is 1. The van der Waals surface area contributed by atoms with Crippen molar-refractivity contribution in [2.24, 2.45) is 0 Å². The van der Waals surface area contributed by atoms with Gasteiger partial charge in [0, 0.05) is 25.5 Å². The van der Waals surface area contributed by atoms with Crippen LogP contribution in [0.4, 0.5) is 17.6 Å². The summed E-state index contributed by atoms with van der Waals surface area (Å²) in [5.41, 5.74) is -0.919. The van der Waals surface area contributed by atoms with Crippen molar-refractivity contribution in [3.05, 3.63) is 65.2 Å². The first-order chi connectivity index (χ1) is 11.3. The molecule has 0 aliphatic rings. The van der Waals surface area contributed by atoms with E-state index in [1.165, 1.54) is 23.2 Å². The number of aromatic nitrogens is 1. The van der Waals surface area contributed by atoms with E-state index in [0.29, 0.717) is 5.56 Å². The number of rotatable bonds is 5. The molecule has 0 spiro atoms. The normalized spacial score (nSPS) is 11.4. The van der Waals surface area contributed by atoms with E-state index in [1.54, 1.807) is 25.3 Å². The Balaban J connectivity index is 2.22. The van der Waals surface area contributed by atoms with Gasteiger partial charge in [0.2, 0.25) is 5.91 Å². The van der Waals surface area contributed by atoms with Gasteiger partial charge in [0.05, 0.1) is 12.0 Å². The number of halogens is 4. The molecule has 1 aromatic heterocycles. The number of alkyl halides is 3. The number of hydrogen-bond acceptors (Lipinski definition) is 2. The molecule has 1 amide bonds. The van der Waals surface area contributed by atoms with Crippen LogP contribution in [0.15, 0.2) is 42.7 Å². The van der Waals surface area contributed by atoms with Crippen molar-refractivity contribution in [2.45, 2.75) is 26.1 Å². The maximum atomic E-state index is 13.6. The summed E-state index contributed by atoms with van der Waals surface area (Å²) in [5.74, 6) is -1.68. The highest BCUT2D eigenvalue weighted by Gasteiger charge is 2.37. The highest BCUT2D eigenvalue weighted by Crippen LogP contribution is 2.34. The first kappa shape index (κ1) is 17.9. The Morgan fingerprint density at radius 1 is 1.21 bits per heavy atom. The molecule has 0 saturated heterocycles. The van der Waals surface area contributed by atoms with Crippen molar-refractivity contribution < 1.29 is 22.4 Å². The van der Waals surface area contributed by atoms with E-state index in [2.05, 4.69) is 4.98 Å². The molecule has 0 bridgehead atoms. The molecule has 2 rings (SSSR count). The lowest BCUT2D eigenvalue weighted by molar-refractivity contribution is -0.142. The van der Waals surface area contributed by atoms with Crippen LogP contribution in [0.25, 0.3) is 0 Å². The predicted molar refractivity (Wildman–Crippen MR) is 80.4 cm³/mol. The van der Waals surface area contributed by atoms with Gasteiger partial charge in [0.15, 0.2) is 0 Å². The molecule has 128 valence electrons. The number of pyridine rings is 1. The average Bonchev–Trinajstić information content (AvgIpc) is 2.52. The summed E-state index contributed by atoms with van der Waals surface area (Å²) in [6, 6.07) is 6.54. The molecule has 0 aliphatic carbocycles. The fourth-order valence-electron chi connectivity index (χ4n) is 2.39. The number of benzene rings is 1. The fourth-order valence-corrected chi connectivity index (χ4v) is 2.39. The molecule has 24 heavy (non-hydrogen) atoms. The van der Waals surface area contributed by atoms with Crippen LogP contribution < -0.4 is 0 Å². The quantitative estimate of drug-likeness (QED) is 0.775. The number of carbonyl (C=O) groups excluding carboxylic acids is 1. The molecule has 0 saturated carbocycles. The molecule has 0 N–H and O–H groups in total. The van der Waals surface area contributed by atoms with E-state index in [9.17, 15) is 22.4 Å². The molecule has 1 aromatic carbocycles. The van der Waals surface area contributed by atoms with E-state index in [0.717, 1.165) is 6.07 Å². The van der Waals surface area contributed by atoms with E-state index in [4.69, 9.17) is 0 Å². The highest BCUT2D eigenvalue weighted by molar-refractivity contribution is 5.78. The van der Waals surface area contributed by atoms with Crippen LogP contribution >= 0.6 is 0 Å². The van der Waals surface area contributed by atoms with Crippen LogP contribution in [0.3, 0.4) is 0 Å². The second kappa shape index (κ2) is 7.42. The fraction of sp³-hybridized carbons (Fsp3) is 0.294. The van der Waals surface area contributed by atoms with Gasteiger partial charge in [-0.25, -0.2) is 4.39 Å². The summed E-state index contributed by atoms with van der Waals surface area (Å²) in [6.07, 6.45) is -1.70. The van der Waals surface area contributed by atoms with Gasteiger partial charge in [-0.1, -0.05) is 18.2 Å². The molecule has 2 aromatic rings. The average molecular weight is 340 g/mol. The Bertz CT molecular complexity index is 701. The van der Waals surface area contributed by atoms with Crippen LogP contribution in [0.2, 0.25) is 0 Å². The summed E-state index contributed by atoms with van der Waals surface area (Å²) in [6.45, 7) is 1.57. The number of hydrogen-bond donors (Lipinski definition) is 0. The Morgan fingerprint density at radius 2 is 1.96 bits per heavy atom. The van der Waals surface area contributed by atoms with Crippen molar-refractivity contribution >= 4 is 5.91 Å². The SMILES string of the molecule is CCN(Cc1cccc(F)c1C(F)(F)F)C(=O)Cc1cccnc1. The van der Waals surface area contributed by atoms with Crippen molar-refractivity contribution in [1.29, 1.82) is 0 Å². The molecular formula is C17H16F4N2O. The van der Waals surface area contributed by atoms with E-state index < -0.39 is 17.6 Å². The summed E-state index contributed by atoms with van der Waals surface area (Å²) < 4.78 is 52.8. The third kappa shape index (κ3) is 4.31. The minimum Gasteiger partial charge on any atom is -0.338 e. The molecule has 0 radical (unpaired) electrons. The summed E-state index contributed by atoms with van der Waals surface area (Å²) in [4.78, 5) is 17.5. The molecular weight excluding hydrogens is 324 g/mol. The Morgan fingerprint density at radius 3 is 2.54 bits per heavy atom. The van der Waals surface area contributed by atoms with Crippen molar-refractivity contribution in [3.8, 4) is 0 Å². The Labute approximate surface area is 136 Å². The number of carbonyl (C=O) groups is 1. The molecule has 3 nitrogen and oxygen atoms in total. The predicted octanol–water partition coefficient (Wildman–Crippen LogP) is 3.83. The monoisotopic (exact) mass is 340 g/mol. The summed E-state index contributed by atoms with van der Waals surface area (Å²) in [5, 5.41) is 0. The minimum atomic E-state index is -4.81. The van der Waals surface area contributed by atoms with Gasteiger partial charge >= 0.3 is 6.18 Å². The summed E-state index contributed by atoms with van der Waals surface area (Å²) >= 11 is 0. The van der Waals surface area contributed by atoms with Crippen LogP contribution in [-0.2, 0) is 23.9 Å². The van der Waals surface area contributed by atoms with Crippen molar-refractivity contribution in [3.63, 3.8) is 0 Å². The largest absolute Gasteiger partial charge is 0.419 e. The third-order valence-corrected chi connectivity index (χ3v) is 3.56. The van der Waals surface area contributed by atoms with Crippen LogP contribution in [0, 0.1) is 5.82 Å². The van der Waals surface area contributed by atoms with E-state index >= 15 is 0 Å². The second-order valence-corrected chi connectivity index (χ2v) is 5.22. The van der Waals surface area contributed by atoms with Crippen LogP contribution in [0.1, 0.15) is 23.6 Å². The van der Waals surface area contributed by atoms with Gasteiger partial charge in [0.25, 0.3) is 0 Å². The zero-order valence-electron chi connectivity index (χ0n) is 13.0. The zero-order valence-corrected chi connectivity index (χ0v) is 13.0. The lowest BCUT2D eigenvalue weighted by atomic mass is 10.1. The van der Waals surface area contributed by atoms with Gasteiger partial charge in [0.1, 0.15) is 5.82 Å². The van der Waals surface area contributed by atoms with Crippen LogP contribution in [-0.4, -0.2) is 22.3 Å². The van der Waals surface area contributed by atoms with Gasteiger partial charge in [-0.15, -0.1) is 0 Å². The standard InChI is InChI=1S/C17H16F4N2O/c1-2-23(15(24)9-12-5-4-8-22-10-12)11-13-6-3-7-14(18)16(13)17(19,20)21/h3-8,10H,2,9,11H2,1H3. The number of nitrogens with zero attached hydrogens (tertiary/aromatic N) is 2. The molecule has 0 aliphatic heterocycles. The van der Waals surface area contributed by atoms with Gasteiger partial charge < -0.3 is 4.90 Å². The van der Waals surface area contributed by atoms with Crippen LogP contribution in [0.5, 0.6) is 0 Å². The maximum absolute atomic E-state index is 13.6. The first-order valence-corrected chi connectivity index (χ1v) is 7.34. The van der Waals surface area contributed by atoms with Crippen molar-refractivity contribution in [2.75, 3.05) is 6.54 Å². The van der Waals surface area contributed by atoms with Gasteiger partial charge in [-0.05, 0) is 30.2 Å². The maximum Gasteiger partial charge on any atom is 0.419 e. The zero-order chi connectivity index (χ0) is 17.7. The summed E-state index contributed by atoms with van der Waals surface area (Å²) in [7, 11) is 0. The van der Waals surface area contributed by atoms with Gasteiger partial charge in [-0.2, -0.15) is 13.2 Å². The Hall–Kier alpha value is -2.44. The third-order valence-electron chi connectivity index (χ3n) is 3.56. The highest BCUT2D eigenvalue weighted by atomic mass is 19.4. The second-order valence-electron chi connectivity index (χ2n) is 5.22. The number of amides is 1. The molecule has 0 atom stereocenters. The lowest BCUT2D eigenvalue weighted by Gasteiger charge is -2.23. The first-order valence-electron chi connectivity index (χ1n) is 7.34.